The molecule has 1 aliphatic rings. The number of carbonyl (C=O) groups excluding carboxylic acids is 4. The largest absolute Gasteiger partial charge is 0.489 e. The summed E-state index contributed by atoms with van der Waals surface area (Å²) in [4.78, 5) is 53.8. The second-order valence-electron chi connectivity index (χ2n) is 15.3. The van der Waals surface area contributed by atoms with Gasteiger partial charge < -0.3 is 35.1 Å². The molecule has 0 heterocycles. The molecule has 2 aromatic carbocycles. The van der Waals surface area contributed by atoms with Crippen molar-refractivity contribution in [2.24, 2.45) is 11.8 Å². The Kier molecular flexibility index (Phi) is 15.8. The maximum absolute atomic E-state index is 13.8. The number of esters is 1. The Balaban J connectivity index is 1.54. The van der Waals surface area contributed by atoms with Crippen LogP contribution >= 0.6 is 0 Å². The average molecular weight is 709 g/mol. The van der Waals surface area contributed by atoms with Crippen molar-refractivity contribution < 1.29 is 33.4 Å². The zero-order chi connectivity index (χ0) is 37.7. The highest BCUT2D eigenvalue weighted by molar-refractivity contribution is 5.92. The number of ether oxygens (including phenoxy) is 3. The topological polar surface area (TPSA) is 135 Å². The zero-order valence-corrected chi connectivity index (χ0v) is 32.0. The molecule has 0 spiro atoms. The van der Waals surface area contributed by atoms with Gasteiger partial charge in [-0.2, -0.15) is 0 Å². The van der Waals surface area contributed by atoms with Crippen LogP contribution in [0.1, 0.15) is 92.2 Å². The van der Waals surface area contributed by atoms with Crippen LogP contribution in [-0.2, 0) is 36.9 Å². The summed E-state index contributed by atoms with van der Waals surface area (Å²) in [6.45, 7) is 15.6. The Labute approximate surface area is 304 Å². The predicted molar refractivity (Wildman–Crippen MR) is 198 cm³/mol. The first-order chi connectivity index (χ1) is 24.0. The van der Waals surface area contributed by atoms with Crippen molar-refractivity contribution in [3.8, 4) is 5.75 Å². The second kappa shape index (κ2) is 19.5. The molecule has 1 aliphatic carbocycles. The SMILES string of the molecule is CC(C)C[C@@H](NC(=O)[C@@H](C)N(C)C(=O)[C@@H](NC[C@@H](C)Oc1ccccc1CC[C@H](C)NC(=O)OC(C)(C)C)C1CC1)C(=O)OCc1ccccc1. The van der Waals surface area contributed by atoms with E-state index in [1.54, 1.807) is 14.0 Å². The minimum Gasteiger partial charge on any atom is -0.489 e. The third-order valence-electron chi connectivity index (χ3n) is 8.74. The van der Waals surface area contributed by atoms with Gasteiger partial charge in [0.1, 0.15) is 36.1 Å². The normalized spacial score (nSPS) is 15.9. The molecule has 0 bridgehead atoms. The third-order valence-corrected chi connectivity index (χ3v) is 8.74. The third kappa shape index (κ3) is 14.6. The Bertz CT molecular complexity index is 1420. The van der Waals surface area contributed by atoms with Crippen LogP contribution in [-0.4, -0.2) is 78.2 Å². The van der Waals surface area contributed by atoms with Gasteiger partial charge in [-0.25, -0.2) is 9.59 Å². The van der Waals surface area contributed by atoms with Crippen molar-refractivity contribution in [3.63, 3.8) is 0 Å². The fourth-order valence-electron chi connectivity index (χ4n) is 5.61. The van der Waals surface area contributed by atoms with Crippen LogP contribution < -0.4 is 20.7 Å². The number of likely N-dealkylation sites (N-methyl/N-ethyl adjacent to an activating group) is 1. The lowest BCUT2D eigenvalue weighted by Crippen LogP contribution is -2.56. The number of alkyl carbamates (subject to hydrolysis) is 1. The molecule has 11 heteroatoms. The molecule has 51 heavy (non-hydrogen) atoms. The van der Waals surface area contributed by atoms with Gasteiger partial charge in [0, 0.05) is 19.6 Å². The highest BCUT2D eigenvalue weighted by Gasteiger charge is 2.40. The van der Waals surface area contributed by atoms with Crippen molar-refractivity contribution >= 4 is 23.9 Å². The van der Waals surface area contributed by atoms with Gasteiger partial charge in [-0.1, -0.05) is 62.4 Å². The summed E-state index contributed by atoms with van der Waals surface area (Å²) in [6.07, 6.45) is 2.99. The van der Waals surface area contributed by atoms with Crippen molar-refractivity contribution in [2.45, 2.75) is 130 Å². The number of benzene rings is 2. The molecular weight excluding hydrogens is 648 g/mol. The Hall–Kier alpha value is -4.12. The second-order valence-corrected chi connectivity index (χ2v) is 15.3. The van der Waals surface area contributed by atoms with Crippen LogP contribution in [0.5, 0.6) is 5.75 Å². The van der Waals surface area contributed by atoms with Crippen LogP contribution in [0.25, 0.3) is 0 Å². The van der Waals surface area contributed by atoms with E-state index in [4.69, 9.17) is 14.2 Å². The monoisotopic (exact) mass is 708 g/mol. The van der Waals surface area contributed by atoms with E-state index in [1.807, 2.05) is 103 Å². The number of hydrogen-bond acceptors (Lipinski definition) is 8. The molecule has 5 atom stereocenters. The fraction of sp³-hybridized carbons (Fsp3) is 0.600. The van der Waals surface area contributed by atoms with E-state index in [1.165, 1.54) is 4.90 Å². The number of para-hydroxylation sites is 1. The summed E-state index contributed by atoms with van der Waals surface area (Å²) in [5.74, 6) is -0.0137. The van der Waals surface area contributed by atoms with E-state index < -0.39 is 41.7 Å². The number of nitrogens with one attached hydrogen (secondary N) is 3. The van der Waals surface area contributed by atoms with Crippen LogP contribution in [0.15, 0.2) is 54.6 Å². The molecule has 3 N–H and O–H groups in total. The highest BCUT2D eigenvalue weighted by atomic mass is 16.6. The number of hydrogen-bond donors (Lipinski definition) is 3. The Morgan fingerprint density at radius 2 is 1.55 bits per heavy atom. The minimum absolute atomic E-state index is 0.0895. The first-order valence-corrected chi connectivity index (χ1v) is 18.3. The van der Waals surface area contributed by atoms with Gasteiger partial charge >= 0.3 is 12.1 Å². The van der Waals surface area contributed by atoms with E-state index in [2.05, 4.69) is 16.0 Å². The number of amides is 3. The molecule has 0 radical (unpaired) electrons. The molecule has 0 saturated heterocycles. The van der Waals surface area contributed by atoms with E-state index in [0.29, 0.717) is 25.8 Å². The molecular formula is C40H60N4O7. The van der Waals surface area contributed by atoms with Gasteiger partial charge in [0.2, 0.25) is 11.8 Å². The summed E-state index contributed by atoms with van der Waals surface area (Å²) >= 11 is 0. The maximum Gasteiger partial charge on any atom is 0.407 e. The molecule has 1 fully saturated rings. The average Bonchev–Trinajstić information content (AvgIpc) is 3.90. The number of rotatable bonds is 19. The molecule has 11 nitrogen and oxygen atoms in total. The van der Waals surface area contributed by atoms with Crippen LogP contribution in [0, 0.1) is 11.8 Å². The first-order valence-electron chi connectivity index (χ1n) is 18.3. The molecule has 0 aliphatic heterocycles. The van der Waals surface area contributed by atoms with Gasteiger partial charge in [0.25, 0.3) is 0 Å². The van der Waals surface area contributed by atoms with Crippen LogP contribution in [0.3, 0.4) is 0 Å². The van der Waals surface area contributed by atoms with E-state index in [0.717, 1.165) is 29.7 Å². The molecule has 1 saturated carbocycles. The summed E-state index contributed by atoms with van der Waals surface area (Å²) in [7, 11) is 1.63. The van der Waals surface area contributed by atoms with Crippen molar-refractivity contribution in [1.29, 1.82) is 0 Å². The van der Waals surface area contributed by atoms with Gasteiger partial charge in [-0.05, 0) is 103 Å². The summed E-state index contributed by atoms with van der Waals surface area (Å²) in [5, 5.41) is 9.16. The number of aryl methyl sites for hydroxylation is 1. The van der Waals surface area contributed by atoms with Crippen molar-refractivity contribution in [1.82, 2.24) is 20.9 Å². The quantitative estimate of drug-likeness (QED) is 0.156. The summed E-state index contributed by atoms with van der Waals surface area (Å²) in [5.41, 5.74) is 1.33. The van der Waals surface area contributed by atoms with Crippen molar-refractivity contribution in [3.05, 3.63) is 65.7 Å². The fourth-order valence-corrected chi connectivity index (χ4v) is 5.61. The molecule has 3 rings (SSSR count). The Morgan fingerprint density at radius 3 is 2.18 bits per heavy atom. The maximum atomic E-state index is 13.8. The molecule has 282 valence electrons. The lowest BCUT2D eigenvalue weighted by atomic mass is 10.0. The number of nitrogens with zero attached hydrogens (tertiary/aromatic N) is 1. The smallest absolute Gasteiger partial charge is 0.407 e. The van der Waals surface area contributed by atoms with E-state index in [-0.39, 0.29) is 36.5 Å². The standard InChI is InChI=1S/C40H60N4O7/c1-26(2)23-33(38(47)49-25-30-15-11-10-12-16-30)43-36(45)29(5)44(9)37(46)35(32-21-22-32)41-24-28(4)50-34-18-14-13-17-31(34)20-19-27(3)42-39(48)51-40(6,7)8/h10-18,26-29,32-33,35,41H,19-25H2,1-9H3,(H,42,48)(H,43,45)/t27-,28+,29+,33+,35-/m0/s1. The summed E-state index contributed by atoms with van der Waals surface area (Å²) < 4.78 is 17.2. The van der Waals surface area contributed by atoms with E-state index >= 15 is 0 Å². The van der Waals surface area contributed by atoms with Crippen LogP contribution in [0.4, 0.5) is 4.79 Å². The van der Waals surface area contributed by atoms with Crippen molar-refractivity contribution in [2.75, 3.05) is 13.6 Å². The predicted octanol–water partition coefficient (Wildman–Crippen LogP) is 5.79. The first kappa shape index (κ1) is 41.3. The van der Waals surface area contributed by atoms with E-state index in [9.17, 15) is 19.2 Å². The minimum atomic E-state index is -0.824. The zero-order valence-electron chi connectivity index (χ0n) is 32.0. The van der Waals surface area contributed by atoms with Gasteiger partial charge in [-0.3, -0.25) is 9.59 Å². The molecule has 2 aromatic rings. The van der Waals surface area contributed by atoms with Gasteiger partial charge in [0.05, 0.1) is 6.04 Å². The molecule has 0 unspecified atom stereocenters. The van der Waals surface area contributed by atoms with Gasteiger partial charge in [-0.15, -0.1) is 0 Å². The molecule has 0 aromatic heterocycles. The summed E-state index contributed by atoms with van der Waals surface area (Å²) in [6, 6.07) is 15.0. The lowest BCUT2D eigenvalue weighted by Gasteiger charge is -2.30. The van der Waals surface area contributed by atoms with Gasteiger partial charge in [0.15, 0.2) is 0 Å². The lowest BCUT2D eigenvalue weighted by molar-refractivity contribution is -0.150. The number of carbonyl (C=O) groups is 4. The van der Waals surface area contributed by atoms with Crippen LogP contribution in [0.2, 0.25) is 0 Å². The highest BCUT2D eigenvalue weighted by Crippen LogP contribution is 2.34. The Morgan fingerprint density at radius 1 is 0.902 bits per heavy atom. The molecule has 3 amide bonds.